The van der Waals surface area contributed by atoms with Gasteiger partial charge in [-0.25, -0.2) is 8.42 Å². The zero-order chi connectivity index (χ0) is 15.1. The number of anilines is 1. The molecule has 1 heterocycles. The maximum Gasteiger partial charge on any atom is 0.246 e. The fourth-order valence-corrected chi connectivity index (χ4v) is 4.81. The monoisotopic (exact) mass is 318 g/mol. The summed E-state index contributed by atoms with van der Waals surface area (Å²) in [6.45, 7) is 6.13. The van der Waals surface area contributed by atoms with Crippen molar-refractivity contribution < 1.29 is 13.2 Å². The van der Waals surface area contributed by atoms with Gasteiger partial charge in [-0.2, -0.15) is 4.31 Å². The van der Waals surface area contributed by atoms with Crippen LogP contribution in [0.1, 0.15) is 20.8 Å². The molecule has 20 heavy (non-hydrogen) atoms. The largest absolute Gasteiger partial charge is 0.398 e. The summed E-state index contributed by atoms with van der Waals surface area (Å²) in [5.74, 6) is 0. The number of hydrogen-bond donors (Lipinski definition) is 1. The standard InChI is InChI=1S/C13H19ClN2O3S/c1-9-7-16(8-13(2,3)19-9)20(17,18)12-10(14)5-4-6-11(12)15/h4-6,9H,7-8,15H2,1-3H3. The van der Waals surface area contributed by atoms with Gasteiger partial charge in [0.1, 0.15) is 4.90 Å². The van der Waals surface area contributed by atoms with E-state index in [0.717, 1.165) is 0 Å². The van der Waals surface area contributed by atoms with Crippen molar-refractivity contribution in [3.63, 3.8) is 0 Å². The minimum absolute atomic E-state index is 0.0217. The lowest BCUT2D eigenvalue weighted by molar-refractivity contribution is -0.109. The third kappa shape index (κ3) is 2.93. The maximum atomic E-state index is 12.8. The third-order valence-electron chi connectivity index (χ3n) is 3.13. The van der Waals surface area contributed by atoms with Gasteiger partial charge < -0.3 is 10.5 Å². The summed E-state index contributed by atoms with van der Waals surface area (Å²) < 4.78 is 32.6. The molecule has 0 aliphatic carbocycles. The van der Waals surface area contributed by atoms with Crippen molar-refractivity contribution in [2.45, 2.75) is 37.4 Å². The van der Waals surface area contributed by atoms with Gasteiger partial charge in [0.15, 0.2) is 0 Å². The van der Waals surface area contributed by atoms with Crippen molar-refractivity contribution in [2.24, 2.45) is 0 Å². The number of hydrogen-bond acceptors (Lipinski definition) is 4. The Hall–Kier alpha value is -0.820. The van der Waals surface area contributed by atoms with E-state index in [2.05, 4.69) is 0 Å². The Bertz CT molecular complexity index is 596. The van der Waals surface area contributed by atoms with E-state index in [-0.39, 0.29) is 34.8 Å². The van der Waals surface area contributed by atoms with Crippen LogP contribution in [0.5, 0.6) is 0 Å². The number of rotatable bonds is 2. The highest BCUT2D eigenvalue weighted by Gasteiger charge is 2.39. The predicted molar refractivity (Wildman–Crippen MR) is 79.2 cm³/mol. The summed E-state index contributed by atoms with van der Waals surface area (Å²) in [4.78, 5) is -0.0217. The van der Waals surface area contributed by atoms with Gasteiger partial charge in [-0.15, -0.1) is 0 Å². The number of halogens is 1. The van der Waals surface area contributed by atoms with Crippen LogP contribution in [0.3, 0.4) is 0 Å². The van der Waals surface area contributed by atoms with Crippen LogP contribution in [-0.4, -0.2) is 37.5 Å². The Morgan fingerprint density at radius 1 is 1.45 bits per heavy atom. The summed E-state index contributed by atoms with van der Waals surface area (Å²) in [5.41, 5.74) is 5.42. The fraction of sp³-hybridized carbons (Fsp3) is 0.538. The molecular weight excluding hydrogens is 300 g/mol. The topological polar surface area (TPSA) is 72.6 Å². The first-order valence-corrected chi connectivity index (χ1v) is 8.17. The number of sulfonamides is 1. The molecule has 0 amide bonds. The molecule has 1 unspecified atom stereocenters. The molecule has 1 fully saturated rings. The van der Waals surface area contributed by atoms with Crippen molar-refractivity contribution in [3.8, 4) is 0 Å². The summed E-state index contributed by atoms with van der Waals surface area (Å²) in [6.07, 6.45) is -0.183. The van der Waals surface area contributed by atoms with Gasteiger partial charge in [0.05, 0.1) is 22.4 Å². The van der Waals surface area contributed by atoms with Crippen molar-refractivity contribution in [1.29, 1.82) is 0 Å². The number of benzene rings is 1. The van der Waals surface area contributed by atoms with Gasteiger partial charge >= 0.3 is 0 Å². The first kappa shape index (κ1) is 15.6. The molecular formula is C13H19ClN2O3S. The van der Waals surface area contributed by atoms with Gasteiger partial charge in [0, 0.05) is 13.1 Å². The van der Waals surface area contributed by atoms with Crippen LogP contribution in [0.2, 0.25) is 5.02 Å². The van der Waals surface area contributed by atoms with Gasteiger partial charge in [0.2, 0.25) is 10.0 Å². The fourth-order valence-electron chi connectivity index (χ4n) is 2.51. The second-order valence-electron chi connectivity index (χ2n) is 5.64. The van der Waals surface area contributed by atoms with E-state index in [0.29, 0.717) is 0 Å². The minimum atomic E-state index is -3.73. The normalized spacial score (nSPS) is 23.7. The summed E-state index contributed by atoms with van der Waals surface area (Å²) in [6, 6.07) is 4.69. The number of nitrogen functional groups attached to an aromatic ring is 1. The lowest BCUT2D eigenvalue weighted by Gasteiger charge is -2.41. The van der Waals surface area contributed by atoms with Crippen LogP contribution in [0.15, 0.2) is 23.1 Å². The smallest absolute Gasteiger partial charge is 0.246 e. The van der Waals surface area contributed by atoms with E-state index in [9.17, 15) is 8.42 Å². The number of morpholine rings is 1. The molecule has 1 saturated heterocycles. The van der Waals surface area contributed by atoms with Crippen molar-refractivity contribution in [2.75, 3.05) is 18.8 Å². The number of ether oxygens (including phenoxy) is 1. The zero-order valence-corrected chi connectivity index (χ0v) is 13.3. The van der Waals surface area contributed by atoms with Crippen LogP contribution in [0.4, 0.5) is 5.69 Å². The first-order valence-electron chi connectivity index (χ1n) is 6.35. The van der Waals surface area contributed by atoms with E-state index < -0.39 is 15.6 Å². The molecule has 0 radical (unpaired) electrons. The van der Waals surface area contributed by atoms with Crippen LogP contribution < -0.4 is 5.73 Å². The van der Waals surface area contributed by atoms with E-state index in [4.69, 9.17) is 22.1 Å². The molecule has 1 atom stereocenters. The highest BCUT2D eigenvalue weighted by Crippen LogP contribution is 2.33. The highest BCUT2D eigenvalue weighted by molar-refractivity contribution is 7.89. The molecule has 2 rings (SSSR count). The third-order valence-corrected chi connectivity index (χ3v) is 5.49. The minimum Gasteiger partial charge on any atom is -0.398 e. The van der Waals surface area contributed by atoms with Gasteiger partial charge in [-0.3, -0.25) is 0 Å². The van der Waals surface area contributed by atoms with Gasteiger partial charge in [-0.1, -0.05) is 17.7 Å². The van der Waals surface area contributed by atoms with Gasteiger partial charge in [0.25, 0.3) is 0 Å². The Labute approximate surface area is 124 Å². The highest BCUT2D eigenvalue weighted by atomic mass is 35.5. The van der Waals surface area contributed by atoms with Crippen molar-refractivity contribution in [1.82, 2.24) is 4.31 Å². The Morgan fingerprint density at radius 2 is 2.10 bits per heavy atom. The Balaban J connectivity index is 2.45. The second-order valence-corrected chi connectivity index (χ2v) is 7.93. The molecule has 1 aliphatic rings. The summed E-state index contributed by atoms with van der Waals surface area (Å²) >= 11 is 6.02. The van der Waals surface area contributed by atoms with Crippen LogP contribution in [0.25, 0.3) is 0 Å². The summed E-state index contributed by atoms with van der Waals surface area (Å²) in [5, 5.41) is 0.141. The molecule has 1 aromatic rings. The molecule has 0 spiro atoms. The second kappa shape index (κ2) is 5.18. The molecule has 7 heteroatoms. The van der Waals surface area contributed by atoms with Crippen molar-refractivity contribution >= 4 is 27.3 Å². The molecule has 112 valence electrons. The lowest BCUT2D eigenvalue weighted by Crippen LogP contribution is -2.53. The maximum absolute atomic E-state index is 12.8. The quantitative estimate of drug-likeness (QED) is 0.848. The van der Waals surface area contributed by atoms with E-state index in [1.54, 1.807) is 6.07 Å². The van der Waals surface area contributed by atoms with E-state index >= 15 is 0 Å². The Kier molecular flexibility index (Phi) is 4.03. The first-order chi connectivity index (χ1) is 9.13. The molecule has 1 aromatic carbocycles. The molecule has 0 bridgehead atoms. The Morgan fingerprint density at radius 3 is 2.65 bits per heavy atom. The molecule has 0 aromatic heterocycles. The average Bonchev–Trinajstić information content (AvgIpc) is 2.25. The van der Waals surface area contributed by atoms with Crippen LogP contribution >= 0.6 is 11.6 Å². The SMILES string of the molecule is CC1CN(S(=O)(=O)c2c(N)cccc2Cl)CC(C)(C)O1. The lowest BCUT2D eigenvalue weighted by atomic mass is 10.1. The van der Waals surface area contributed by atoms with E-state index in [1.165, 1.54) is 16.4 Å². The van der Waals surface area contributed by atoms with E-state index in [1.807, 2.05) is 20.8 Å². The average molecular weight is 319 g/mol. The molecule has 2 N–H and O–H groups in total. The van der Waals surface area contributed by atoms with Crippen molar-refractivity contribution in [3.05, 3.63) is 23.2 Å². The molecule has 5 nitrogen and oxygen atoms in total. The number of nitrogens with two attached hydrogens (primary N) is 1. The van der Waals surface area contributed by atoms with Crippen LogP contribution in [-0.2, 0) is 14.8 Å². The predicted octanol–water partition coefficient (Wildman–Crippen LogP) is 2.11. The molecule has 1 aliphatic heterocycles. The zero-order valence-electron chi connectivity index (χ0n) is 11.8. The van der Waals surface area contributed by atoms with Gasteiger partial charge in [-0.05, 0) is 32.9 Å². The molecule has 0 saturated carbocycles. The van der Waals surface area contributed by atoms with Crippen LogP contribution in [0, 0.1) is 0 Å². The number of nitrogens with zero attached hydrogens (tertiary/aromatic N) is 1. The summed E-state index contributed by atoms with van der Waals surface area (Å²) in [7, 11) is -3.73.